The number of rotatable bonds is 4. The summed E-state index contributed by atoms with van der Waals surface area (Å²) in [4.78, 5) is 23.7. The van der Waals surface area contributed by atoms with E-state index in [9.17, 15) is 9.59 Å². The second kappa shape index (κ2) is 5.91. The second-order valence-electron chi connectivity index (χ2n) is 5.30. The molecule has 104 valence electrons. The summed E-state index contributed by atoms with van der Waals surface area (Å²) >= 11 is 0. The SMILES string of the molecule is CC1CCC(NC(=O)C(C)NC(=O)c2ccco2)C1. The van der Waals surface area contributed by atoms with Crippen molar-refractivity contribution in [2.45, 2.75) is 45.2 Å². The highest BCUT2D eigenvalue weighted by atomic mass is 16.3. The van der Waals surface area contributed by atoms with Gasteiger partial charge in [-0.05, 0) is 44.2 Å². The summed E-state index contributed by atoms with van der Waals surface area (Å²) in [5, 5.41) is 5.60. The van der Waals surface area contributed by atoms with Crippen molar-refractivity contribution in [2.75, 3.05) is 0 Å². The van der Waals surface area contributed by atoms with Crippen molar-refractivity contribution in [3.8, 4) is 0 Å². The van der Waals surface area contributed by atoms with Crippen molar-refractivity contribution >= 4 is 11.8 Å². The summed E-state index contributed by atoms with van der Waals surface area (Å²) in [6.07, 6.45) is 4.62. The molecule has 1 saturated carbocycles. The quantitative estimate of drug-likeness (QED) is 0.869. The second-order valence-corrected chi connectivity index (χ2v) is 5.30. The lowest BCUT2D eigenvalue weighted by atomic mass is 10.1. The van der Waals surface area contributed by atoms with E-state index in [1.165, 1.54) is 6.26 Å². The van der Waals surface area contributed by atoms with E-state index < -0.39 is 6.04 Å². The Hall–Kier alpha value is -1.78. The van der Waals surface area contributed by atoms with E-state index in [1.54, 1.807) is 19.1 Å². The van der Waals surface area contributed by atoms with E-state index in [-0.39, 0.29) is 23.6 Å². The van der Waals surface area contributed by atoms with Gasteiger partial charge in [0.25, 0.3) is 5.91 Å². The topological polar surface area (TPSA) is 71.3 Å². The molecule has 1 heterocycles. The molecule has 5 heteroatoms. The van der Waals surface area contributed by atoms with Gasteiger partial charge in [0.05, 0.1) is 6.26 Å². The molecular weight excluding hydrogens is 244 g/mol. The molecule has 3 unspecified atom stereocenters. The van der Waals surface area contributed by atoms with Crippen LogP contribution in [-0.4, -0.2) is 23.9 Å². The number of hydrogen-bond donors (Lipinski definition) is 2. The van der Waals surface area contributed by atoms with Gasteiger partial charge in [0.2, 0.25) is 5.91 Å². The van der Waals surface area contributed by atoms with Crippen LogP contribution in [0.3, 0.4) is 0 Å². The van der Waals surface area contributed by atoms with Gasteiger partial charge in [0.15, 0.2) is 5.76 Å². The van der Waals surface area contributed by atoms with Crippen molar-refractivity contribution in [3.63, 3.8) is 0 Å². The monoisotopic (exact) mass is 264 g/mol. The predicted octanol–water partition coefficient (Wildman–Crippen LogP) is 1.70. The number of carbonyl (C=O) groups is 2. The van der Waals surface area contributed by atoms with Crippen LogP contribution in [0.4, 0.5) is 0 Å². The lowest BCUT2D eigenvalue weighted by Crippen LogP contribution is -2.47. The summed E-state index contributed by atoms with van der Waals surface area (Å²) in [5.74, 6) is 0.374. The van der Waals surface area contributed by atoms with Crippen molar-refractivity contribution in [3.05, 3.63) is 24.2 Å². The van der Waals surface area contributed by atoms with Crippen LogP contribution in [0.1, 0.15) is 43.7 Å². The van der Waals surface area contributed by atoms with E-state index in [0.717, 1.165) is 19.3 Å². The first-order chi connectivity index (χ1) is 9.06. The van der Waals surface area contributed by atoms with Gasteiger partial charge < -0.3 is 15.1 Å². The van der Waals surface area contributed by atoms with Crippen LogP contribution in [-0.2, 0) is 4.79 Å². The zero-order valence-corrected chi connectivity index (χ0v) is 11.3. The van der Waals surface area contributed by atoms with Crippen LogP contribution in [0.15, 0.2) is 22.8 Å². The maximum absolute atomic E-state index is 12.0. The molecule has 3 atom stereocenters. The molecule has 1 aliphatic carbocycles. The van der Waals surface area contributed by atoms with Crippen LogP contribution in [0.25, 0.3) is 0 Å². The standard InChI is InChI=1S/C14H20N2O3/c1-9-5-6-11(8-9)16-13(17)10(2)15-14(18)12-4-3-7-19-12/h3-4,7,9-11H,5-6,8H2,1-2H3,(H,15,18)(H,16,17). The van der Waals surface area contributed by atoms with Gasteiger partial charge in [-0.1, -0.05) is 6.92 Å². The Labute approximate surface area is 112 Å². The average Bonchev–Trinajstić information content (AvgIpc) is 3.00. The minimum atomic E-state index is -0.562. The van der Waals surface area contributed by atoms with Gasteiger partial charge in [0, 0.05) is 6.04 Å². The van der Waals surface area contributed by atoms with E-state index in [2.05, 4.69) is 17.6 Å². The van der Waals surface area contributed by atoms with Crippen molar-refractivity contribution in [2.24, 2.45) is 5.92 Å². The molecule has 1 aliphatic rings. The molecule has 0 aromatic carbocycles. The fourth-order valence-corrected chi connectivity index (χ4v) is 2.41. The van der Waals surface area contributed by atoms with Crippen LogP contribution in [0.5, 0.6) is 0 Å². The molecule has 5 nitrogen and oxygen atoms in total. The summed E-state index contributed by atoms with van der Waals surface area (Å²) in [6, 6.07) is 2.89. The Kier molecular flexibility index (Phi) is 4.24. The molecule has 2 N–H and O–H groups in total. The van der Waals surface area contributed by atoms with Gasteiger partial charge in [-0.2, -0.15) is 0 Å². The predicted molar refractivity (Wildman–Crippen MR) is 70.6 cm³/mol. The van der Waals surface area contributed by atoms with E-state index in [0.29, 0.717) is 5.92 Å². The van der Waals surface area contributed by atoms with Crippen molar-refractivity contribution in [1.29, 1.82) is 0 Å². The third kappa shape index (κ3) is 3.59. The van der Waals surface area contributed by atoms with Crippen LogP contribution in [0.2, 0.25) is 0 Å². The third-order valence-corrected chi connectivity index (χ3v) is 3.53. The molecule has 1 aromatic rings. The smallest absolute Gasteiger partial charge is 0.287 e. The molecule has 2 amide bonds. The van der Waals surface area contributed by atoms with Gasteiger partial charge in [-0.15, -0.1) is 0 Å². The normalized spacial score (nSPS) is 23.9. The zero-order valence-electron chi connectivity index (χ0n) is 11.3. The lowest BCUT2D eigenvalue weighted by Gasteiger charge is -2.17. The van der Waals surface area contributed by atoms with Crippen molar-refractivity contribution in [1.82, 2.24) is 10.6 Å². The molecular formula is C14H20N2O3. The highest BCUT2D eigenvalue weighted by Gasteiger charge is 2.25. The first-order valence-corrected chi connectivity index (χ1v) is 6.71. The minimum absolute atomic E-state index is 0.140. The zero-order chi connectivity index (χ0) is 13.8. The highest BCUT2D eigenvalue weighted by Crippen LogP contribution is 2.24. The van der Waals surface area contributed by atoms with Gasteiger partial charge in [-0.25, -0.2) is 0 Å². The number of amides is 2. The Morgan fingerprint density at radius 2 is 2.21 bits per heavy atom. The van der Waals surface area contributed by atoms with Crippen LogP contribution < -0.4 is 10.6 Å². The Morgan fingerprint density at radius 1 is 1.42 bits per heavy atom. The largest absolute Gasteiger partial charge is 0.459 e. The van der Waals surface area contributed by atoms with E-state index in [1.807, 2.05) is 0 Å². The van der Waals surface area contributed by atoms with Crippen LogP contribution >= 0.6 is 0 Å². The first-order valence-electron chi connectivity index (χ1n) is 6.71. The molecule has 0 spiro atoms. The molecule has 19 heavy (non-hydrogen) atoms. The summed E-state index contributed by atoms with van der Waals surface area (Å²) in [7, 11) is 0. The van der Waals surface area contributed by atoms with E-state index >= 15 is 0 Å². The third-order valence-electron chi connectivity index (χ3n) is 3.53. The molecule has 0 bridgehead atoms. The van der Waals surface area contributed by atoms with Crippen molar-refractivity contribution < 1.29 is 14.0 Å². The average molecular weight is 264 g/mol. The Balaban J connectivity index is 1.81. The van der Waals surface area contributed by atoms with E-state index in [4.69, 9.17) is 4.42 Å². The lowest BCUT2D eigenvalue weighted by molar-refractivity contribution is -0.123. The number of hydrogen-bond acceptors (Lipinski definition) is 3. The van der Waals surface area contributed by atoms with Gasteiger partial charge in [0.1, 0.15) is 6.04 Å². The van der Waals surface area contributed by atoms with Crippen LogP contribution in [0, 0.1) is 5.92 Å². The van der Waals surface area contributed by atoms with Gasteiger partial charge in [-0.3, -0.25) is 9.59 Å². The summed E-state index contributed by atoms with van der Waals surface area (Å²) in [5.41, 5.74) is 0. The molecule has 1 fully saturated rings. The molecule has 2 rings (SSSR count). The summed E-state index contributed by atoms with van der Waals surface area (Å²) in [6.45, 7) is 3.86. The molecule has 0 radical (unpaired) electrons. The van der Waals surface area contributed by atoms with Gasteiger partial charge >= 0.3 is 0 Å². The highest BCUT2D eigenvalue weighted by molar-refractivity contribution is 5.95. The Morgan fingerprint density at radius 3 is 2.79 bits per heavy atom. The molecule has 1 aromatic heterocycles. The number of nitrogens with one attached hydrogen (secondary N) is 2. The number of carbonyl (C=O) groups excluding carboxylic acids is 2. The fourth-order valence-electron chi connectivity index (χ4n) is 2.41. The molecule has 0 aliphatic heterocycles. The Bertz CT molecular complexity index is 442. The number of furan rings is 1. The maximum atomic E-state index is 12.0. The minimum Gasteiger partial charge on any atom is -0.459 e. The molecule has 0 saturated heterocycles. The first kappa shape index (κ1) is 13.6. The summed E-state index contributed by atoms with van der Waals surface area (Å²) < 4.78 is 4.98. The fraction of sp³-hybridized carbons (Fsp3) is 0.571. The maximum Gasteiger partial charge on any atom is 0.287 e.